The van der Waals surface area contributed by atoms with E-state index in [4.69, 9.17) is 29.2 Å². The molecule has 0 amide bonds. The molecular formula is C22H22O10. The van der Waals surface area contributed by atoms with Gasteiger partial charge in [-0.2, -0.15) is 0 Å². The number of esters is 2. The SMILES string of the molecule is O=C(CCC(=O)OCCOc1ccc(C(=O)O)cc1)OCCOc1ccc(C(=O)O)cc1. The van der Waals surface area contributed by atoms with E-state index in [0.29, 0.717) is 11.5 Å². The lowest BCUT2D eigenvalue weighted by molar-refractivity contribution is -0.151. The zero-order valence-electron chi connectivity index (χ0n) is 17.0. The molecule has 2 aromatic rings. The van der Waals surface area contributed by atoms with E-state index in [1.165, 1.54) is 48.5 Å². The summed E-state index contributed by atoms with van der Waals surface area (Å²) < 4.78 is 20.6. The molecule has 2 rings (SSSR count). The average molecular weight is 446 g/mol. The van der Waals surface area contributed by atoms with Crippen molar-refractivity contribution in [3.05, 3.63) is 59.7 Å². The average Bonchev–Trinajstić information content (AvgIpc) is 2.78. The summed E-state index contributed by atoms with van der Waals surface area (Å²) in [5.41, 5.74) is 0.272. The second-order valence-corrected chi connectivity index (χ2v) is 6.30. The summed E-state index contributed by atoms with van der Waals surface area (Å²) in [4.78, 5) is 44.8. The van der Waals surface area contributed by atoms with Crippen molar-refractivity contribution in [1.82, 2.24) is 0 Å². The molecule has 0 unspecified atom stereocenters. The highest BCUT2D eigenvalue weighted by Crippen LogP contribution is 2.13. The van der Waals surface area contributed by atoms with Crippen LogP contribution in [-0.2, 0) is 19.1 Å². The number of carbonyl (C=O) groups is 4. The Morgan fingerprint density at radius 1 is 0.562 bits per heavy atom. The number of carboxylic acids is 2. The largest absolute Gasteiger partial charge is 0.490 e. The van der Waals surface area contributed by atoms with E-state index in [-0.39, 0.29) is 50.4 Å². The standard InChI is InChI=1S/C22H22O10/c23-19(31-13-11-29-17-5-1-15(2-6-17)21(25)26)9-10-20(24)32-14-12-30-18-7-3-16(4-8-18)22(27)28/h1-8H,9-14H2,(H,25,26)(H,27,28). The quantitative estimate of drug-likeness (QED) is 0.347. The Labute approximate surface area is 183 Å². The maximum absolute atomic E-state index is 11.7. The summed E-state index contributed by atoms with van der Waals surface area (Å²) in [6, 6.07) is 11.6. The van der Waals surface area contributed by atoms with Gasteiger partial charge < -0.3 is 29.2 Å². The minimum Gasteiger partial charge on any atom is -0.490 e. The molecule has 10 nitrogen and oxygen atoms in total. The molecule has 0 radical (unpaired) electrons. The molecule has 2 N–H and O–H groups in total. The number of carboxylic acid groups (broad SMARTS) is 2. The van der Waals surface area contributed by atoms with Crippen LogP contribution in [0.15, 0.2) is 48.5 Å². The molecule has 0 bridgehead atoms. The topological polar surface area (TPSA) is 146 Å². The fourth-order valence-electron chi connectivity index (χ4n) is 2.37. The van der Waals surface area contributed by atoms with Gasteiger partial charge in [0.25, 0.3) is 0 Å². The molecule has 0 atom stereocenters. The lowest BCUT2D eigenvalue weighted by Gasteiger charge is -2.09. The molecule has 0 aliphatic rings. The Morgan fingerprint density at radius 3 is 1.22 bits per heavy atom. The molecule has 0 aliphatic heterocycles. The van der Waals surface area contributed by atoms with Gasteiger partial charge in [0.15, 0.2) is 0 Å². The molecule has 0 heterocycles. The van der Waals surface area contributed by atoms with Crippen molar-refractivity contribution in [1.29, 1.82) is 0 Å². The highest BCUT2D eigenvalue weighted by atomic mass is 16.6. The fraction of sp³-hybridized carbons (Fsp3) is 0.273. The normalized spacial score (nSPS) is 10.1. The smallest absolute Gasteiger partial charge is 0.335 e. The van der Waals surface area contributed by atoms with Crippen LogP contribution in [0.2, 0.25) is 0 Å². The van der Waals surface area contributed by atoms with Crippen LogP contribution in [0.4, 0.5) is 0 Å². The predicted molar refractivity (Wildman–Crippen MR) is 109 cm³/mol. The van der Waals surface area contributed by atoms with Gasteiger partial charge in [0.1, 0.15) is 37.9 Å². The molecule has 32 heavy (non-hydrogen) atoms. The third kappa shape index (κ3) is 8.74. The van der Waals surface area contributed by atoms with Crippen molar-refractivity contribution in [3.8, 4) is 11.5 Å². The molecule has 0 saturated heterocycles. The van der Waals surface area contributed by atoms with Gasteiger partial charge >= 0.3 is 23.9 Å². The molecule has 0 spiro atoms. The first-order chi connectivity index (χ1) is 15.3. The van der Waals surface area contributed by atoms with E-state index in [2.05, 4.69) is 0 Å². The molecule has 0 aromatic heterocycles. The Bertz CT molecular complexity index is 841. The summed E-state index contributed by atoms with van der Waals surface area (Å²) in [5, 5.41) is 17.6. The predicted octanol–water partition coefficient (Wildman–Crippen LogP) is 2.41. The Morgan fingerprint density at radius 2 is 0.906 bits per heavy atom. The van der Waals surface area contributed by atoms with Crippen LogP contribution in [0.25, 0.3) is 0 Å². The summed E-state index contributed by atoms with van der Waals surface area (Å²) >= 11 is 0. The number of hydrogen-bond acceptors (Lipinski definition) is 8. The Balaban J connectivity index is 1.52. The maximum atomic E-state index is 11.7. The van der Waals surface area contributed by atoms with Crippen molar-refractivity contribution in [3.63, 3.8) is 0 Å². The summed E-state index contributed by atoms with van der Waals surface area (Å²) in [5.74, 6) is -2.36. The number of hydrogen-bond donors (Lipinski definition) is 2. The van der Waals surface area contributed by atoms with Crippen molar-refractivity contribution < 1.29 is 48.3 Å². The molecule has 0 aliphatic carbocycles. The first kappa shape index (κ1) is 24.2. The minimum absolute atomic E-state index is 0.0247. The van der Waals surface area contributed by atoms with Crippen LogP contribution in [0.3, 0.4) is 0 Å². The number of aromatic carboxylic acids is 2. The van der Waals surface area contributed by atoms with Crippen LogP contribution in [0, 0.1) is 0 Å². The lowest BCUT2D eigenvalue weighted by atomic mass is 10.2. The maximum Gasteiger partial charge on any atom is 0.335 e. The van der Waals surface area contributed by atoms with E-state index in [1.54, 1.807) is 0 Å². The first-order valence-corrected chi connectivity index (χ1v) is 9.58. The van der Waals surface area contributed by atoms with E-state index < -0.39 is 23.9 Å². The van der Waals surface area contributed by atoms with Gasteiger partial charge in [-0.05, 0) is 48.5 Å². The van der Waals surface area contributed by atoms with E-state index in [0.717, 1.165) is 0 Å². The van der Waals surface area contributed by atoms with Crippen molar-refractivity contribution in [2.75, 3.05) is 26.4 Å². The zero-order valence-corrected chi connectivity index (χ0v) is 17.0. The summed E-state index contributed by atoms with van der Waals surface area (Å²) in [6.07, 6.45) is -0.298. The van der Waals surface area contributed by atoms with Crippen LogP contribution in [-0.4, -0.2) is 60.5 Å². The highest BCUT2D eigenvalue weighted by molar-refractivity contribution is 5.88. The van der Waals surface area contributed by atoms with Crippen molar-refractivity contribution >= 4 is 23.9 Å². The van der Waals surface area contributed by atoms with Gasteiger partial charge in [-0.25, -0.2) is 9.59 Å². The third-order valence-electron chi connectivity index (χ3n) is 3.97. The number of carbonyl (C=O) groups excluding carboxylic acids is 2. The molecule has 2 aromatic carbocycles. The van der Waals surface area contributed by atoms with Gasteiger partial charge in [0.2, 0.25) is 0 Å². The van der Waals surface area contributed by atoms with Crippen molar-refractivity contribution in [2.24, 2.45) is 0 Å². The van der Waals surface area contributed by atoms with E-state index in [1.807, 2.05) is 0 Å². The molecule has 170 valence electrons. The fourth-order valence-corrected chi connectivity index (χ4v) is 2.37. The van der Waals surface area contributed by atoms with E-state index in [9.17, 15) is 19.2 Å². The minimum atomic E-state index is -1.04. The molecule has 0 fully saturated rings. The van der Waals surface area contributed by atoms with Gasteiger partial charge in [0.05, 0.1) is 24.0 Å². The third-order valence-corrected chi connectivity index (χ3v) is 3.97. The second-order valence-electron chi connectivity index (χ2n) is 6.30. The summed E-state index contributed by atoms with van der Waals surface area (Å²) in [7, 11) is 0. The second kappa shape index (κ2) is 12.6. The zero-order chi connectivity index (χ0) is 23.3. The number of ether oxygens (including phenoxy) is 4. The first-order valence-electron chi connectivity index (χ1n) is 9.58. The number of benzene rings is 2. The molecule has 0 saturated carbocycles. The van der Waals surface area contributed by atoms with Crippen LogP contribution >= 0.6 is 0 Å². The monoisotopic (exact) mass is 446 g/mol. The Hall–Kier alpha value is -4.08. The number of rotatable bonds is 13. The lowest BCUT2D eigenvalue weighted by Crippen LogP contribution is -2.16. The molecular weight excluding hydrogens is 424 g/mol. The Kier molecular flexibility index (Phi) is 9.51. The van der Waals surface area contributed by atoms with Gasteiger partial charge in [0, 0.05) is 0 Å². The molecule has 10 heteroatoms. The van der Waals surface area contributed by atoms with Crippen LogP contribution in [0.5, 0.6) is 11.5 Å². The van der Waals surface area contributed by atoms with Crippen LogP contribution < -0.4 is 9.47 Å². The van der Waals surface area contributed by atoms with Gasteiger partial charge in [-0.15, -0.1) is 0 Å². The van der Waals surface area contributed by atoms with Crippen LogP contribution in [0.1, 0.15) is 33.6 Å². The van der Waals surface area contributed by atoms with Gasteiger partial charge in [-0.3, -0.25) is 9.59 Å². The van der Waals surface area contributed by atoms with Gasteiger partial charge in [-0.1, -0.05) is 0 Å². The van der Waals surface area contributed by atoms with E-state index >= 15 is 0 Å². The van der Waals surface area contributed by atoms with Crippen molar-refractivity contribution in [2.45, 2.75) is 12.8 Å². The summed E-state index contributed by atoms with van der Waals surface area (Å²) in [6.45, 7) is 0.104. The highest BCUT2D eigenvalue weighted by Gasteiger charge is 2.10.